The van der Waals surface area contributed by atoms with E-state index in [1.807, 2.05) is 13.0 Å². The summed E-state index contributed by atoms with van der Waals surface area (Å²) in [7, 11) is 1.26. The first-order valence-corrected chi connectivity index (χ1v) is 16.3. The van der Waals surface area contributed by atoms with Gasteiger partial charge in [0.25, 0.3) is 5.91 Å². The number of halogens is 2. The van der Waals surface area contributed by atoms with Crippen LogP contribution in [-0.4, -0.2) is 82.5 Å². The summed E-state index contributed by atoms with van der Waals surface area (Å²) in [5.41, 5.74) is 14.3. The first kappa shape index (κ1) is 38.0. The van der Waals surface area contributed by atoms with Crippen LogP contribution in [0.25, 0.3) is 16.9 Å². The summed E-state index contributed by atoms with van der Waals surface area (Å²) in [6.45, 7) is 3.03. The van der Waals surface area contributed by atoms with E-state index in [4.69, 9.17) is 21.3 Å². The predicted molar refractivity (Wildman–Crippen MR) is 188 cm³/mol. The molecule has 0 aliphatic heterocycles. The second-order valence-corrected chi connectivity index (χ2v) is 11.4. The Morgan fingerprint density at radius 2 is 1.82 bits per heavy atom. The third-order valence-corrected chi connectivity index (χ3v) is 7.84. The van der Waals surface area contributed by atoms with Crippen LogP contribution in [0.4, 0.5) is 20.3 Å². The van der Waals surface area contributed by atoms with Gasteiger partial charge in [-0.2, -0.15) is 4.39 Å². The van der Waals surface area contributed by atoms with Crippen LogP contribution in [-0.2, 0) is 16.0 Å². The summed E-state index contributed by atoms with van der Waals surface area (Å²) < 4.78 is 35.7. The number of carboxylic acid groups (broad SMARTS) is 1. The van der Waals surface area contributed by atoms with Gasteiger partial charge >= 0.3 is 5.97 Å². The lowest BCUT2D eigenvalue weighted by molar-refractivity contribution is -0.137. The molecule has 272 valence electrons. The van der Waals surface area contributed by atoms with Crippen molar-refractivity contribution in [1.82, 2.24) is 30.3 Å². The summed E-state index contributed by atoms with van der Waals surface area (Å²) in [4.78, 5) is 48.7. The Morgan fingerprint density at radius 1 is 1.04 bits per heavy atom. The van der Waals surface area contributed by atoms with Gasteiger partial charge in [0.1, 0.15) is 0 Å². The lowest BCUT2D eigenvalue weighted by Crippen LogP contribution is -2.44. The van der Waals surface area contributed by atoms with Gasteiger partial charge in [-0.25, -0.2) is 14.4 Å². The van der Waals surface area contributed by atoms with Crippen LogP contribution in [0.5, 0.6) is 5.75 Å². The minimum Gasteiger partial charge on any atom is -0.494 e. The van der Waals surface area contributed by atoms with E-state index in [9.17, 15) is 23.2 Å². The molecule has 0 saturated carbocycles. The average Bonchev–Trinajstić information content (AvgIpc) is 3.56. The lowest BCUT2D eigenvalue weighted by atomic mass is 10.0. The number of ether oxygens (including phenoxy) is 1. The van der Waals surface area contributed by atoms with Crippen molar-refractivity contribution < 1.29 is 33.0 Å². The number of aryl methyl sites for hydroxylation is 1. The Kier molecular flexibility index (Phi) is 13.6. The number of aliphatic imine (C=N–C) groups is 1. The van der Waals surface area contributed by atoms with Crippen LogP contribution >= 0.6 is 0 Å². The van der Waals surface area contributed by atoms with Gasteiger partial charge in [-0.1, -0.05) is 6.92 Å². The van der Waals surface area contributed by atoms with Gasteiger partial charge in [-0.15, -0.1) is 0 Å². The number of carbonyl (C=O) groups is 3. The molecule has 1 atom stereocenters. The van der Waals surface area contributed by atoms with E-state index in [-0.39, 0.29) is 48.6 Å². The molecule has 0 spiro atoms. The molecular formula is C34H42F2N10O5. The fourth-order valence-corrected chi connectivity index (χ4v) is 5.16. The number of aliphatic carboxylic acids is 1. The topological polar surface area (TPSA) is 223 Å². The number of nitrogens with one attached hydrogen (secondary N) is 4. The number of guanidine groups is 1. The highest BCUT2D eigenvalue weighted by atomic mass is 19.2. The van der Waals surface area contributed by atoms with Gasteiger partial charge in [-0.3, -0.25) is 23.8 Å². The molecule has 2 amide bonds. The van der Waals surface area contributed by atoms with E-state index >= 15 is 0 Å². The summed E-state index contributed by atoms with van der Waals surface area (Å²) >= 11 is 0. The number of fused-ring (bicyclic) bond motifs is 1. The summed E-state index contributed by atoms with van der Waals surface area (Å²) in [6.07, 6.45) is 6.44. The fourth-order valence-electron chi connectivity index (χ4n) is 5.16. The van der Waals surface area contributed by atoms with Crippen molar-refractivity contribution in [1.29, 1.82) is 0 Å². The van der Waals surface area contributed by atoms with Crippen molar-refractivity contribution >= 4 is 40.9 Å². The normalized spacial score (nSPS) is 12.0. The molecule has 2 heterocycles. The number of hydrogen-bond donors (Lipinski definition) is 7. The number of hydrogen-bond acceptors (Lipinski definition) is 9. The second kappa shape index (κ2) is 18.2. The average molecular weight is 709 g/mol. The highest BCUT2D eigenvalue weighted by Gasteiger charge is 2.20. The summed E-state index contributed by atoms with van der Waals surface area (Å²) in [5.74, 6) is -3.33. The van der Waals surface area contributed by atoms with E-state index in [0.717, 1.165) is 5.56 Å². The van der Waals surface area contributed by atoms with Crippen molar-refractivity contribution in [3.05, 3.63) is 71.7 Å². The molecule has 0 saturated heterocycles. The zero-order valence-corrected chi connectivity index (χ0v) is 28.3. The van der Waals surface area contributed by atoms with E-state index in [1.165, 1.54) is 31.6 Å². The maximum Gasteiger partial charge on any atom is 0.303 e. The van der Waals surface area contributed by atoms with Crippen LogP contribution in [0.15, 0.2) is 53.9 Å². The Labute approximate surface area is 292 Å². The van der Waals surface area contributed by atoms with Crippen molar-refractivity contribution in [3.63, 3.8) is 0 Å². The molecule has 51 heavy (non-hydrogen) atoms. The smallest absolute Gasteiger partial charge is 0.303 e. The van der Waals surface area contributed by atoms with E-state index in [1.54, 1.807) is 22.7 Å². The van der Waals surface area contributed by atoms with Crippen molar-refractivity contribution in [2.24, 2.45) is 16.5 Å². The van der Waals surface area contributed by atoms with Gasteiger partial charge < -0.3 is 42.6 Å². The number of nitrogens with zero attached hydrogens (tertiary/aromatic N) is 4. The summed E-state index contributed by atoms with van der Waals surface area (Å²) in [6, 6.07) is 7.23. The number of carbonyl (C=O) groups excluding carboxylic acids is 2. The van der Waals surface area contributed by atoms with Gasteiger partial charge in [-0.05, 0) is 61.6 Å². The second-order valence-electron chi connectivity index (χ2n) is 11.4. The molecule has 2 aromatic heterocycles. The third-order valence-electron chi connectivity index (χ3n) is 7.84. The van der Waals surface area contributed by atoms with E-state index in [0.29, 0.717) is 67.2 Å². The van der Waals surface area contributed by atoms with E-state index < -0.39 is 23.6 Å². The highest BCUT2D eigenvalue weighted by molar-refractivity contribution is 5.96. The van der Waals surface area contributed by atoms with Crippen LogP contribution in [0.3, 0.4) is 0 Å². The summed E-state index contributed by atoms with van der Waals surface area (Å²) in [5, 5.41) is 20.3. The fraction of sp³-hybridized carbons (Fsp3) is 0.353. The van der Waals surface area contributed by atoms with Gasteiger partial charge in [0.05, 0.1) is 25.0 Å². The number of amides is 2. The molecule has 17 heteroatoms. The van der Waals surface area contributed by atoms with Crippen LogP contribution < -0.4 is 37.5 Å². The van der Waals surface area contributed by atoms with Crippen LogP contribution in [0.1, 0.15) is 48.5 Å². The molecular weight excluding hydrogens is 666 g/mol. The standard InChI is InChI=1S/C34H42F2N10O5/c1-3-20-18-21(45-30-31-44-19-25(46(31)17-16-39-30)23-10-11-26(51-2)29(36)28(23)35)8-9-22(20)32(49)40-14-15-41-33(50)24(37)6-4-12-42-34(38)43-13-5-7-27(47)48/h8-11,16-19,24H,3-7,12-15,37H2,1-2H3,(H,39,45)(H,40,49)(H,41,50)(H,47,48)(H3,38,42,43)/t24-/m0/s1. The largest absolute Gasteiger partial charge is 0.494 e. The molecule has 0 aliphatic carbocycles. The molecule has 0 aliphatic rings. The quantitative estimate of drug-likeness (QED) is 0.0452. The van der Waals surface area contributed by atoms with Gasteiger partial charge in [0.15, 0.2) is 29.0 Å². The molecule has 0 bridgehead atoms. The Morgan fingerprint density at radius 3 is 2.57 bits per heavy atom. The molecule has 0 fully saturated rings. The first-order chi connectivity index (χ1) is 24.5. The number of benzene rings is 2. The SMILES string of the molecule is CCc1cc(Nc2nccn3c(-c4ccc(OC)c(F)c4F)cnc23)ccc1C(=O)NCCNC(=O)[C@@H](N)CCCNC(N)=NCCCC(=O)O. The van der Waals surface area contributed by atoms with E-state index in [2.05, 4.69) is 36.2 Å². The monoisotopic (exact) mass is 708 g/mol. The molecule has 4 rings (SSSR count). The number of nitrogens with two attached hydrogens (primary N) is 2. The first-order valence-electron chi connectivity index (χ1n) is 16.3. The Bertz CT molecular complexity index is 1880. The number of imidazole rings is 1. The van der Waals surface area contributed by atoms with Crippen LogP contribution in [0.2, 0.25) is 0 Å². The molecule has 15 nitrogen and oxygen atoms in total. The van der Waals surface area contributed by atoms with Gasteiger partial charge in [0, 0.05) is 61.8 Å². The minimum atomic E-state index is -1.10. The van der Waals surface area contributed by atoms with Crippen molar-refractivity contribution in [2.45, 2.75) is 45.1 Å². The maximum absolute atomic E-state index is 14.9. The molecule has 9 N–H and O–H groups in total. The third kappa shape index (κ3) is 10.1. The zero-order chi connectivity index (χ0) is 36.9. The van der Waals surface area contributed by atoms with Crippen LogP contribution in [0, 0.1) is 11.6 Å². The number of methoxy groups -OCH3 is 1. The Balaban J connectivity index is 1.27. The van der Waals surface area contributed by atoms with Crippen molar-refractivity contribution in [3.8, 4) is 17.0 Å². The molecule has 4 aromatic rings. The zero-order valence-electron chi connectivity index (χ0n) is 28.3. The number of anilines is 2. The maximum atomic E-state index is 14.9. The molecule has 0 radical (unpaired) electrons. The number of rotatable bonds is 18. The molecule has 2 aromatic carbocycles. The predicted octanol–water partition coefficient (Wildman–Crippen LogP) is 2.71. The van der Waals surface area contributed by atoms with Gasteiger partial charge in [0.2, 0.25) is 11.7 Å². The highest BCUT2D eigenvalue weighted by Crippen LogP contribution is 2.31. The Hall–Kier alpha value is -5.84. The van der Waals surface area contributed by atoms with Crippen molar-refractivity contribution in [2.75, 3.05) is 38.6 Å². The number of carboxylic acids is 1. The number of aromatic nitrogens is 3. The molecule has 0 unspecified atom stereocenters. The lowest BCUT2D eigenvalue weighted by Gasteiger charge is -2.14. The minimum absolute atomic E-state index is 0.00864.